The number of hydrogen-bond donors (Lipinski definition) is 15. The van der Waals surface area contributed by atoms with Crippen molar-refractivity contribution in [2.45, 2.75) is 54.4 Å². The maximum Gasteiger partial charge on any atom is 1.00 e. The second-order valence-electron chi connectivity index (χ2n) is 29.7. The Bertz CT molecular complexity index is 7180. The molecule has 0 aliphatic rings. The number of fused-ring (bicyclic) bond motifs is 6. The molecular weight excluding hydrogens is 1980 g/mol. The van der Waals surface area contributed by atoms with Gasteiger partial charge in [0.05, 0.1) is 19.8 Å². The number of nitrogens with two attached hydrogens (primary N) is 10. The fourth-order valence-corrected chi connectivity index (χ4v) is 12.7. The van der Waals surface area contributed by atoms with Gasteiger partial charge in [0.15, 0.2) is 51.0 Å². The smallest absolute Gasteiger partial charge is 0.550 e. The Labute approximate surface area is 874 Å². The fourth-order valence-electron chi connectivity index (χ4n) is 12.3. The van der Waals surface area contributed by atoms with Gasteiger partial charge in [-0.2, -0.15) is 29.9 Å². The molecule has 0 unspecified atom stereocenters. The number of ether oxygens (including phenoxy) is 3. The normalized spacial score (nSPS) is 10.3. The van der Waals surface area contributed by atoms with Gasteiger partial charge in [0.25, 0.3) is 17.7 Å². The molecule has 25 N–H and O–H groups in total. The third kappa shape index (κ3) is 30.2. The van der Waals surface area contributed by atoms with Crippen molar-refractivity contribution < 1.29 is 114 Å². The first-order valence-electron chi connectivity index (χ1n) is 42.6. The van der Waals surface area contributed by atoms with Crippen LogP contribution in [0.2, 0.25) is 0 Å². The summed E-state index contributed by atoms with van der Waals surface area (Å²) >= 11 is 3.28. The number of hydrogen-bond acceptors (Lipinski definition) is 48. The van der Waals surface area contributed by atoms with E-state index in [-0.39, 0.29) is 147 Å². The van der Waals surface area contributed by atoms with E-state index >= 15 is 0 Å². The van der Waals surface area contributed by atoms with Crippen molar-refractivity contribution in [3.63, 3.8) is 0 Å². The number of aliphatic hydroxyl groups excluding tert-OH is 1. The second kappa shape index (κ2) is 53.5. The number of carboxylic acids is 1. The molecule has 754 valence electrons. The molecule has 17 heterocycles. The fraction of sp³-hybridized carbons (Fsp3) is 0.235. The molecule has 17 aromatic rings. The quantitative estimate of drug-likeness (QED) is 0.00949. The zero-order chi connectivity index (χ0) is 105. The van der Waals surface area contributed by atoms with Gasteiger partial charge in [-0.05, 0) is 148 Å². The van der Waals surface area contributed by atoms with Gasteiger partial charge in [-0.15, -0.1) is 30.6 Å². The summed E-state index contributed by atoms with van der Waals surface area (Å²) in [6, 6.07) is 24.0. The molecule has 0 aromatic carbocycles. The van der Waals surface area contributed by atoms with Crippen molar-refractivity contribution in [2.75, 3.05) is 137 Å². The first-order valence-corrected chi connectivity index (χ1v) is 43.4. The molecular formula is C85H103BrKN45O13. The van der Waals surface area contributed by atoms with Gasteiger partial charge >= 0.3 is 69.3 Å². The van der Waals surface area contributed by atoms with E-state index in [0.29, 0.717) is 99.4 Å². The molecule has 0 saturated heterocycles. The standard InChI is InChI=1S/C17H21N9O2.C15H17N7O2.C14H13N5O2.2C13H15N9O.C9H9BrN4O2.C2H4O2.C2H6O.K.H4N2/c1-4-5-14(27)22-23-15(28)12-6-10(7-13-21-16(18)24-26(12)13)11-8-19-17(20-9-11)25(2)3;1-4-24-13(23)11-5-9(6-12-19-14(16)20-22(11)12)10-7-17-15(18-8-10)21(2)3;1-2-21-13(20)11-6-10(9-4-3-5-16-8-9)7-12-17-14(15)18-19(11)12;2*1-21(2)13-16-5-8(6-17-13)7-3-9(11(23)19-15)22-10(4-7)18-12(14)20-22;1-2-16-8(15)6-3-5(10)4-7-12-9(11)13-14(6)7;1-2(3)4;1-2-3;;1-2/h6-9H,4-5H2,1-3H3,(H2,18,24)(H,22,27)(H,23,28);5-8H,4H2,1-3H3,(H2,16,20);3-8H,2H2,1H3,(H2,15,18);2*3-6H,15H2,1-2H3,(H2,14,20)(H,19,23);3-4H,2H2,1H3,(H2,11,13);1H3,(H,3,4);3H,2H2,1H3;;1-2H2/q;;;;;;;;+1;/p-1. The summed E-state index contributed by atoms with van der Waals surface area (Å²) in [4.78, 5) is 163. The number of halogens is 1. The molecule has 0 aliphatic heterocycles. The number of aliphatic hydroxyl groups is 1. The van der Waals surface area contributed by atoms with E-state index < -0.39 is 41.6 Å². The van der Waals surface area contributed by atoms with E-state index in [4.69, 9.17) is 75.3 Å². The zero-order valence-electron chi connectivity index (χ0n) is 81.0. The minimum Gasteiger partial charge on any atom is -0.550 e. The van der Waals surface area contributed by atoms with E-state index in [1.807, 2.05) is 75.4 Å². The number of nitrogen functional groups attached to an aromatic ring is 8. The Hall–Kier alpha value is -17.1. The molecule has 17 rings (SSSR count). The predicted molar refractivity (Wildman–Crippen MR) is 530 cm³/mol. The Morgan fingerprint density at radius 1 is 0.372 bits per heavy atom. The second-order valence-corrected chi connectivity index (χ2v) is 30.6. The molecule has 0 aliphatic carbocycles. The average molecular weight is 2080 g/mol. The van der Waals surface area contributed by atoms with Crippen molar-refractivity contribution in [3.05, 3.63) is 186 Å². The van der Waals surface area contributed by atoms with Crippen molar-refractivity contribution in [1.82, 2.24) is 154 Å². The number of amides is 4. The Morgan fingerprint density at radius 2 is 0.614 bits per heavy atom. The summed E-state index contributed by atoms with van der Waals surface area (Å²) in [6.45, 7) is 10.8. The van der Waals surface area contributed by atoms with E-state index in [1.165, 1.54) is 27.1 Å². The number of pyridine rings is 7. The van der Waals surface area contributed by atoms with E-state index in [2.05, 4.69) is 155 Å². The van der Waals surface area contributed by atoms with Gasteiger partial charge in [0.1, 0.15) is 17.1 Å². The van der Waals surface area contributed by atoms with Crippen LogP contribution >= 0.6 is 15.9 Å². The van der Waals surface area contributed by atoms with Gasteiger partial charge in [0.2, 0.25) is 65.4 Å². The van der Waals surface area contributed by atoms with Crippen LogP contribution < -0.4 is 156 Å². The van der Waals surface area contributed by atoms with Crippen LogP contribution in [0.4, 0.5) is 59.5 Å². The zero-order valence-corrected chi connectivity index (χ0v) is 85.7. The number of carbonyl (C=O) groups excluding carboxylic acids is 8. The summed E-state index contributed by atoms with van der Waals surface area (Å²) in [5, 5.41) is 40.4. The van der Waals surface area contributed by atoms with Crippen molar-refractivity contribution >= 4 is 157 Å². The van der Waals surface area contributed by atoms with Gasteiger partial charge in [0, 0.05) is 170 Å². The van der Waals surface area contributed by atoms with E-state index in [0.717, 1.165) is 44.8 Å². The molecule has 0 radical (unpaired) electrons. The Kier molecular flexibility index (Phi) is 41.7. The number of aliphatic carboxylic acids is 1. The van der Waals surface area contributed by atoms with Crippen LogP contribution in [-0.2, 0) is 23.8 Å². The molecule has 17 aromatic heterocycles. The van der Waals surface area contributed by atoms with Crippen LogP contribution in [0.25, 0.3) is 89.5 Å². The maximum absolute atomic E-state index is 12.6. The maximum atomic E-state index is 12.6. The summed E-state index contributed by atoms with van der Waals surface area (Å²) < 4.78 is 23.8. The molecule has 60 heteroatoms. The number of nitrogens with one attached hydrogen (secondary N) is 4. The first-order chi connectivity index (χ1) is 68.8. The van der Waals surface area contributed by atoms with Crippen LogP contribution in [0.15, 0.2) is 151 Å². The Balaban J connectivity index is 0.000000210. The van der Waals surface area contributed by atoms with Crippen LogP contribution in [0, 0.1) is 0 Å². The average Bonchev–Trinajstić information content (AvgIpc) is 1.68. The number of hydrazine groups is 4. The van der Waals surface area contributed by atoms with Crippen LogP contribution in [0.5, 0.6) is 0 Å². The number of aromatic nitrogens is 27. The number of carbonyl (C=O) groups is 8. The van der Waals surface area contributed by atoms with Gasteiger partial charge in [-0.25, -0.2) is 93.0 Å². The monoisotopic (exact) mass is 2080 g/mol. The third-order valence-electron chi connectivity index (χ3n) is 18.4. The molecule has 0 atom stereocenters. The van der Waals surface area contributed by atoms with Crippen molar-refractivity contribution in [3.8, 4) is 55.6 Å². The largest absolute Gasteiger partial charge is 1.00 e. The summed E-state index contributed by atoms with van der Waals surface area (Å²) in [7, 11) is 14.8. The topological polar surface area (TPSA) is 826 Å². The summed E-state index contributed by atoms with van der Waals surface area (Å²) in [6.07, 6.45) is 17.7. The predicted octanol–water partition coefficient (Wildman–Crippen LogP) is -2.34. The molecule has 0 spiro atoms. The Morgan fingerprint density at radius 3 is 0.855 bits per heavy atom. The number of carboxylic acid groups (broad SMARTS) is 1. The number of anilines is 10. The van der Waals surface area contributed by atoms with Crippen LogP contribution in [-0.4, -0.2) is 268 Å². The first kappa shape index (κ1) is 113. The summed E-state index contributed by atoms with van der Waals surface area (Å²) in [5.41, 5.74) is 53.9. The number of rotatable bonds is 20. The molecule has 58 nitrogen and oxygen atoms in total. The minimum atomic E-state index is -1.08. The summed E-state index contributed by atoms with van der Waals surface area (Å²) in [5.74, 6) is 16.9. The number of nitrogens with zero attached hydrogens (tertiary/aromatic N) is 31. The van der Waals surface area contributed by atoms with Gasteiger partial charge in [-0.1, -0.05) is 28.9 Å². The molecule has 0 saturated carbocycles. The molecule has 0 bridgehead atoms. The van der Waals surface area contributed by atoms with Gasteiger partial charge < -0.3 is 83.2 Å². The number of esters is 3. The van der Waals surface area contributed by atoms with Crippen molar-refractivity contribution in [1.29, 1.82) is 0 Å². The molecule has 0 fully saturated rings. The SMILES string of the molecule is CC(=O)[O-].CCCC(=O)NNC(=O)c1cc(-c2cnc(N(C)C)nc2)cc2nc(N)nn12.CCO.CCOC(=O)c1cc(-c2cccnc2)cc2nc(N)nn12.CCOC(=O)c1cc(-c2cnc(N(C)C)nc2)cc2nc(N)nn12.CCOC(=O)c1cc(Br)cc2nc(N)nn12.CN(C)c1ncc(-c2cc(C(=O)NN)n3nc(N)nc3c2)cn1.CN(C)c1ncc(-c2cc(C(=O)NN)n3nc(N)nc3c2)cn1.NN.[K+]. The third-order valence-corrected chi connectivity index (χ3v) is 18.8. The van der Waals surface area contributed by atoms with E-state index in [1.54, 1.807) is 182 Å². The molecule has 145 heavy (non-hydrogen) atoms. The van der Waals surface area contributed by atoms with E-state index in [9.17, 15) is 33.6 Å². The minimum absolute atomic E-state index is 0. The molecule has 4 amide bonds. The van der Waals surface area contributed by atoms with Crippen LogP contribution in [0.3, 0.4) is 0 Å². The van der Waals surface area contributed by atoms with Gasteiger partial charge in [-0.3, -0.25) is 57.6 Å². The van der Waals surface area contributed by atoms with Crippen LogP contribution in [0.1, 0.15) is 117 Å². The van der Waals surface area contributed by atoms with Crippen molar-refractivity contribution in [2.24, 2.45) is 23.4 Å².